The number of carbonyl (C=O) groups is 2. The van der Waals surface area contributed by atoms with Crippen molar-refractivity contribution in [3.05, 3.63) is 41.7 Å². The van der Waals surface area contributed by atoms with Crippen molar-refractivity contribution in [3.8, 4) is 17.0 Å². The molecule has 3 atom stereocenters. The van der Waals surface area contributed by atoms with Gasteiger partial charge in [-0.25, -0.2) is 13.9 Å². The van der Waals surface area contributed by atoms with Crippen molar-refractivity contribution in [2.24, 2.45) is 0 Å². The number of nitrogens with one attached hydrogen (secondary N) is 1. The number of ether oxygens (including phenoxy) is 1. The van der Waals surface area contributed by atoms with Gasteiger partial charge in [-0.3, -0.25) is 9.59 Å². The quantitative estimate of drug-likeness (QED) is 0.396. The number of amides is 2. The Morgan fingerprint density at radius 2 is 1.80 bits per heavy atom. The van der Waals surface area contributed by atoms with E-state index in [9.17, 15) is 45.4 Å². The third-order valence-corrected chi connectivity index (χ3v) is 6.41. The fourth-order valence-corrected chi connectivity index (χ4v) is 4.23. The summed E-state index contributed by atoms with van der Waals surface area (Å²) in [5.41, 5.74) is -0.0919. The number of fused-ring (bicyclic) bond motifs is 1. The van der Waals surface area contributed by atoms with Crippen molar-refractivity contribution in [3.63, 3.8) is 0 Å². The molecule has 1 aliphatic heterocycles. The molecule has 0 radical (unpaired) electrons. The standard InChI is InChI=1S/C23H21F7N6O4/c1-21(39,23(28,29)30)20(38)35-7-14(24)15(8-35)34-19(37)11-3-10(4-12(5-11)40-2)16-6-13(22(25,26)27)17-18(31)32-9-33-36(16)17/h3-6,9,14-15,39H,7-8H2,1-2H3,(H,34,37)(H2,31,32,33)/t14-,15+,21?/m0/s1. The Bertz CT molecular complexity index is 1470. The van der Waals surface area contributed by atoms with Gasteiger partial charge in [0.2, 0.25) is 5.60 Å². The lowest BCUT2D eigenvalue weighted by Gasteiger charge is -2.29. The summed E-state index contributed by atoms with van der Waals surface area (Å²) in [6, 6.07) is 2.97. The van der Waals surface area contributed by atoms with Gasteiger partial charge < -0.3 is 25.8 Å². The molecule has 0 saturated carbocycles. The van der Waals surface area contributed by atoms with Crippen LogP contribution < -0.4 is 15.8 Å². The van der Waals surface area contributed by atoms with E-state index in [-0.39, 0.29) is 29.5 Å². The fraction of sp³-hybridized carbons (Fsp3) is 0.391. The lowest BCUT2D eigenvalue weighted by Crippen LogP contribution is -2.56. The number of likely N-dealkylation sites (tertiary alicyclic amines) is 1. The smallest absolute Gasteiger partial charge is 0.426 e. The highest BCUT2D eigenvalue weighted by Gasteiger charge is 2.58. The van der Waals surface area contributed by atoms with Crippen molar-refractivity contribution in [2.45, 2.75) is 37.1 Å². The van der Waals surface area contributed by atoms with E-state index in [2.05, 4.69) is 15.4 Å². The van der Waals surface area contributed by atoms with Crippen LogP contribution in [0.3, 0.4) is 0 Å². The molecule has 1 unspecified atom stereocenters. The van der Waals surface area contributed by atoms with E-state index >= 15 is 0 Å². The molecule has 0 aliphatic carbocycles. The molecule has 0 spiro atoms. The molecule has 3 aromatic rings. The van der Waals surface area contributed by atoms with Crippen LogP contribution in [0.2, 0.25) is 0 Å². The van der Waals surface area contributed by atoms with Crippen molar-refractivity contribution < 1.29 is 50.2 Å². The van der Waals surface area contributed by atoms with Gasteiger partial charge in [-0.05, 0) is 31.2 Å². The average molecular weight is 578 g/mol. The molecular weight excluding hydrogens is 557 g/mol. The molecule has 4 rings (SSSR count). The van der Waals surface area contributed by atoms with Gasteiger partial charge in [-0.1, -0.05) is 0 Å². The summed E-state index contributed by atoms with van der Waals surface area (Å²) in [7, 11) is 1.23. The SMILES string of the molecule is COc1cc(C(=O)N[C@@H]2CN(C(=O)C(C)(O)C(F)(F)F)C[C@@H]2F)cc(-c2cc(C(F)(F)F)c3c(N)ncnn23)c1. The zero-order valence-corrected chi connectivity index (χ0v) is 20.6. The molecule has 4 N–H and O–H groups in total. The highest BCUT2D eigenvalue weighted by atomic mass is 19.4. The molecule has 10 nitrogen and oxygen atoms in total. The normalized spacial score (nSPS) is 19.5. The van der Waals surface area contributed by atoms with Gasteiger partial charge in [-0.2, -0.15) is 31.4 Å². The number of aliphatic hydroxyl groups is 1. The number of halogens is 7. The number of hydrogen-bond donors (Lipinski definition) is 3. The molecule has 0 bridgehead atoms. The third kappa shape index (κ3) is 5.07. The zero-order chi connectivity index (χ0) is 29.8. The fourth-order valence-electron chi connectivity index (χ4n) is 4.23. The maximum absolute atomic E-state index is 14.6. The van der Waals surface area contributed by atoms with E-state index in [4.69, 9.17) is 10.5 Å². The molecular formula is C23H21F7N6O4. The van der Waals surface area contributed by atoms with E-state index in [0.717, 1.165) is 23.0 Å². The molecule has 216 valence electrons. The summed E-state index contributed by atoms with van der Waals surface area (Å²) in [4.78, 5) is 29.3. The minimum absolute atomic E-state index is 0.0225. The number of aromatic nitrogens is 3. The van der Waals surface area contributed by atoms with Crippen LogP contribution in [0.4, 0.5) is 36.6 Å². The Morgan fingerprint density at radius 3 is 2.40 bits per heavy atom. The number of nitrogens with two attached hydrogens (primary N) is 1. The number of benzene rings is 1. The van der Waals surface area contributed by atoms with Gasteiger partial charge in [0.1, 0.15) is 23.8 Å². The minimum Gasteiger partial charge on any atom is -0.497 e. The monoisotopic (exact) mass is 578 g/mol. The van der Waals surface area contributed by atoms with Crippen molar-refractivity contribution in [2.75, 3.05) is 25.9 Å². The second kappa shape index (κ2) is 9.79. The topological polar surface area (TPSA) is 135 Å². The van der Waals surface area contributed by atoms with Gasteiger partial charge in [-0.15, -0.1) is 0 Å². The van der Waals surface area contributed by atoms with Gasteiger partial charge in [0.05, 0.1) is 31.0 Å². The zero-order valence-electron chi connectivity index (χ0n) is 20.6. The van der Waals surface area contributed by atoms with E-state index in [1.807, 2.05) is 0 Å². The molecule has 1 saturated heterocycles. The third-order valence-electron chi connectivity index (χ3n) is 6.41. The van der Waals surface area contributed by atoms with E-state index < -0.39 is 72.0 Å². The van der Waals surface area contributed by atoms with Gasteiger partial charge in [0, 0.05) is 17.7 Å². The van der Waals surface area contributed by atoms with Crippen LogP contribution in [0.1, 0.15) is 22.8 Å². The first-order valence-corrected chi connectivity index (χ1v) is 11.4. The first-order chi connectivity index (χ1) is 18.5. The number of anilines is 1. The summed E-state index contributed by atoms with van der Waals surface area (Å²) in [5, 5.41) is 15.7. The molecule has 17 heteroatoms. The number of alkyl halides is 7. The molecule has 2 amide bonds. The highest BCUT2D eigenvalue weighted by molar-refractivity contribution is 5.96. The van der Waals surface area contributed by atoms with E-state index in [1.54, 1.807) is 0 Å². The summed E-state index contributed by atoms with van der Waals surface area (Å²) in [6.45, 7) is -1.26. The summed E-state index contributed by atoms with van der Waals surface area (Å²) in [5.74, 6) is -3.18. The number of nitrogen functional groups attached to an aromatic ring is 1. The Labute approximate surface area is 220 Å². The Kier molecular flexibility index (Phi) is 7.06. The molecule has 3 heterocycles. The lowest BCUT2D eigenvalue weighted by atomic mass is 10.1. The summed E-state index contributed by atoms with van der Waals surface area (Å²) < 4.78 is 101. The number of carbonyl (C=O) groups excluding carboxylic acids is 2. The largest absolute Gasteiger partial charge is 0.497 e. The Hall–Kier alpha value is -4.15. The predicted octanol–water partition coefficient (Wildman–Crippen LogP) is 2.60. The van der Waals surface area contributed by atoms with Crippen LogP contribution in [-0.2, 0) is 11.0 Å². The molecule has 2 aromatic heterocycles. The number of hydrogen-bond acceptors (Lipinski definition) is 7. The Balaban J connectivity index is 1.65. The number of nitrogens with zero attached hydrogens (tertiary/aromatic N) is 4. The average Bonchev–Trinajstić information content (AvgIpc) is 3.44. The van der Waals surface area contributed by atoms with Gasteiger partial charge in [0.15, 0.2) is 5.82 Å². The molecule has 40 heavy (non-hydrogen) atoms. The Morgan fingerprint density at radius 1 is 1.12 bits per heavy atom. The van der Waals surface area contributed by atoms with Crippen LogP contribution in [0, 0.1) is 0 Å². The van der Waals surface area contributed by atoms with Crippen LogP contribution in [-0.4, -0.2) is 80.6 Å². The van der Waals surface area contributed by atoms with Crippen molar-refractivity contribution in [1.29, 1.82) is 0 Å². The number of rotatable bonds is 5. The molecule has 1 aromatic carbocycles. The highest BCUT2D eigenvalue weighted by Crippen LogP contribution is 2.39. The molecule has 1 fully saturated rings. The predicted molar refractivity (Wildman–Crippen MR) is 124 cm³/mol. The van der Waals surface area contributed by atoms with Crippen LogP contribution in [0.25, 0.3) is 16.8 Å². The van der Waals surface area contributed by atoms with E-state index in [1.165, 1.54) is 19.2 Å². The maximum Gasteiger partial charge on any atom is 0.426 e. The minimum atomic E-state index is -5.32. The van der Waals surface area contributed by atoms with Crippen LogP contribution >= 0.6 is 0 Å². The summed E-state index contributed by atoms with van der Waals surface area (Å²) in [6.07, 6.45) is -11.2. The second-order valence-corrected chi connectivity index (χ2v) is 9.17. The van der Waals surface area contributed by atoms with Crippen LogP contribution in [0.5, 0.6) is 5.75 Å². The van der Waals surface area contributed by atoms with Gasteiger partial charge in [0.25, 0.3) is 11.8 Å². The lowest BCUT2D eigenvalue weighted by molar-refractivity contribution is -0.249. The van der Waals surface area contributed by atoms with Gasteiger partial charge >= 0.3 is 12.4 Å². The van der Waals surface area contributed by atoms with Crippen molar-refractivity contribution >= 4 is 23.1 Å². The second-order valence-electron chi connectivity index (χ2n) is 9.17. The van der Waals surface area contributed by atoms with Crippen molar-refractivity contribution in [1.82, 2.24) is 24.8 Å². The number of methoxy groups -OCH3 is 1. The van der Waals surface area contributed by atoms with E-state index in [0.29, 0.717) is 4.90 Å². The first kappa shape index (κ1) is 28.8. The van der Waals surface area contributed by atoms with Crippen LogP contribution in [0.15, 0.2) is 30.6 Å². The first-order valence-electron chi connectivity index (χ1n) is 11.4. The molecule has 1 aliphatic rings. The maximum atomic E-state index is 14.6. The summed E-state index contributed by atoms with van der Waals surface area (Å²) >= 11 is 0.